The van der Waals surface area contributed by atoms with Gasteiger partial charge >= 0.3 is 5.69 Å². The van der Waals surface area contributed by atoms with Gasteiger partial charge in [0.1, 0.15) is 0 Å². The van der Waals surface area contributed by atoms with E-state index in [1.54, 1.807) is 11.6 Å². The van der Waals surface area contributed by atoms with Crippen molar-refractivity contribution >= 4 is 11.2 Å². The fourth-order valence-electron chi connectivity index (χ4n) is 2.50. The maximum absolute atomic E-state index is 12.3. The number of nitrogens with zero attached hydrogens (tertiary/aromatic N) is 4. The predicted molar refractivity (Wildman–Crippen MR) is 81.6 cm³/mol. The van der Waals surface area contributed by atoms with Gasteiger partial charge in [-0.2, -0.15) is 0 Å². The molecule has 22 heavy (non-hydrogen) atoms. The van der Waals surface area contributed by atoms with E-state index in [2.05, 4.69) is 4.98 Å². The number of rotatable bonds is 3. The highest BCUT2D eigenvalue weighted by molar-refractivity contribution is 5.69. The molecular formula is C15H16N4O3. The summed E-state index contributed by atoms with van der Waals surface area (Å²) < 4.78 is 3.94. The Kier molecular flexibility index (Phi) is 3.42. The second-order valence-corrected chi connectivity index (χ2v) is 5.20. The van der Waals surface area contributed by atoms with E-state index < -0.39 is 17.4 Å². The molecule has 7 heteroatoms. The molecule has 3 aromatic rings. The summed E-state index contributed by atoms with van der Waals surface area (Å²) in [6, 6.07) is 9.18. The standard InChI is InChI=1S/C15H16N4O3/c1-17-13-12(14(21)18(2)15(17)22)19(9-16-13)8-11(20)10-6-4-3-5-7-10/h3-7,9,11,20H,8H2,1-2H3/t11-/m0/s1. The van der Waals surface area contributed by atoms with E-state index in [4.69, 9.17) is 0 Å². The van der Waals surface area contributed by atoms with Crippen molar-refractivity contribution in [1.29, 1.82) is 0 Å². The highest BCUT2D eigenvalue weighted by Crippen LogP contribution is 2.16. The van der Waals surface area contributed by atoms with Crippen molar-refractivity contribution in [2.75, 3.05) is 0 Å². The lowest BCUT2D eigenvalue weighted by Crippen LogP contribution is -2.37. The van der Waals surface area contributed by atoms with E-state index in [0.717, 1.165) is 10.1 Å². The van der Waals surface area contributed by atoms with Gasteiger partial charge in [0.05, 0.1) is 19.0 Å². The molecule has 0 aliphatic rings. The van der Waals surface area contributed by atoms with Crippen LogP contribution in [0.1, 0.15) is 11.7 Å². The summed E-state index contributed by atoms with van der Waals surface area (Å²) >= 11 is 0. The number of aromatic nitrogens is 4. The second-order valence-electron chi connectivity index (χ2n) is 5.20. The fraction of sp³-hybridized carbons (Fsp3) is 0.267. The monoisotopic (exact) mass is 300 g/mol. The van der Waals surface area contributed by atoms with E-state index in [0.29, 0.717) is 11.2 Å². The average molecular weight is 300 g/mol. The molecule has 0 saturated heterocycles. The van der Waals surface area contributed by atoms with Crippen LogP contribution in [0.5, 0.6) is 0 Å². The number of benzene rings is 1. The van der Waals surface area contributed by atoms with Gasteiger partial charge in [-0.3, -0.25) is 13.9 Å². The molecule has 1 N–H and O–H groups in total. The van der Waals surface area contributed by atoms with Gasteiger partial charge in [-0.05, 0) is 5.56 Å². The Morgan fingerprint density at radius 1 is 1.14 bits per heavy atom. The Morgan fingerprint density at radius 2 is 1.82 bits per heavy atom. The molecule has 0 amide bonds. The predicted octanol–water partition coefficient (Wildman–Crippen LogP) is 0.167. The normalized spacial score (nSPS) is 12.7. The van der Waals surface area contributed by atoms with Gasteiger partial charge < -0.3 is 9.67 Å². The molecule has 0 aliphatic carbocycles. The van der Waals surface area contributed by atoms with Crippen molar-refractivity contribution in [3.63, 3.8) is 0 Å². The number of aliphatic hydroxyl groups excluding tert-OH is 1. The molecule has 0 spiro atoms. The van der Waals surface area contributed by atoms with Crippen LogP contribution < -0.4 is 11.2 Å². The van der Waals surface area contributed by atoms with Gasteiger partial charge in [0.25, 0.3) is 5.56 Å². The van der Waals surface area contributed by atoms with Gasteiger partial charge in [0.2, 0.25) is 0 Å². The molecule has 1 atom stereocenters. The third-order valence-electron chi connectivity index (χ3n) is 3.77. The zero-order valence-electron chi connectivity index (χ0n) is 12.3. The molecule has 2 aromatic heterocycles. The smallest absolute Gasteiger partial charge is 0.332 e. The largest absolute Gasteiger partial charge is 0.387 e. The minimum atomic E-state index is -0.763. The second kappa shape index (κ2) is 5.27. The number of hydrogen-bond donors (Lipinski definition) is 1. The summed E-state index contributed by atoms with van der Waals surface area (Å²) in [6.45, 7) is 0.188. The molecule has 3 rings (SSSR count). The molecule has 0 radical (unpaired) electrons. The van der Waals surface area contributed by atoms with E-state index >= 15 is 0 Å². The lowest BCUT2D eigenvalue weighted by atomic mass is 10.1. The van der Waals surface area contributed by atoms with E-state index in [-0.39, 0.29) is 6.54 Å². The van der Waals surface area contributed by atoms with Crippen LogP contribution in [0.4, 0.5) is 0 Å². The summed E-state index contributed by atoms with van der Waals surface area (Å²) in [7, 11) is 2.99. The van der Waals surface area contributed by atoms with Crippen LogP contribution >= 0.6 is 0 Å². The van der Waals surface area contributed by atoms with Gasteiger partial charge in [-0.15, -0.1) is 0 Å². The maximum atomic E-state index is 12.3. The Balaban J connectivity index is 2.10. The molecule has 1 aromatic carbocycles. The minimum absolute atomic E-state index is 0.188. The van der Waals surface area contributed by atoms with Crippen molar-refractivity contribution in [2.45, 2.75) is 12.6 Å². The van der Waals surface area contributed by atoms with Gasteiger partial charge in [-0.25, -0.2) is 9.78 Å². The maximum Gasteiger partial charge on any atom is 0.332 e. The number of aliphatic hydroxyl groups is 1. The first kappa shape index (κ1) is 14.3. The van der Waals surface area contributed by atoms with Crippen LogP contribution in [-0.2, 0) is 20.6 Å². The van der Waals surface area contributed by atoms with Crippen molar-refractivity contribution in [3.05, 3.63) is 63.1 Å². The molecule has 2 heterocycles. The van der Waals surface area contributed by atoms with Crippen molar-refractivity contribution in [2.24, 2.45) is 14.1 Å². The Hall–Kier alpha value is -2.67. The molecule has 0 saturated carbocycles. The van der Waals surface area contributed by atoms with Crippen molar-refractivity contribution < 1.29 is 5.11 Å². The molecule has 7 nitrogen and oxygen atoms in total. The zero-order valence-corrected chi connectivity index (χ0v) is 12.3. The Bertz CT molecular complexity index is 937. The van der Waals surface area contributed by atoms with Crippen molar-refractivity contribution in [3.8, 4) is 0 Å². The van der Waals surface area contributed by atoms with Crippen LogP contribution in [0, 0.1) is 0 Å². The van der Waals surface area contributed by atoms with Crippen LogP contribution in [0.25, 0.3) is 11.2 Å². The highest BCUT2D eigenvalue weighted by atomic mass is 16.3. The van der Waals surface area contributed by atoms with Crippen molar-refractivity contribution in [1.82, 2.24) is 18.7 Å². The number of fused-ring (bicyclic) bond motifs is 1. The van der Waals surface area contributed by atoms with Gasteiger partial charge in [0.15, 0.2) is 11.2 Å². The molecule has 0 aliphatic heterocycles. The zero-order chi connectivity index (χ0) is 15.9. The van der Waals surface area contributed by atoms with Gasteiger partial charge in [0, 0.05) is 14.1 Å². The molecular weight excluding hydrogens is 284 g/mol. The van der Waals surface area contributed by atoms with Gasteiger partial charge in [-0.1, -0.05) is 30.3 Å². The first-order valence-electron chi connectivity index (χ1n) is 6.84. The summed E-state index contributed by atoms with van der Waals surface area (Å²) in [5.74, 6) is 0. The first-order valence-corrected chi connectivity index (χ1v) is 6.84. The van der Waals surface area contributed by atoms with E-state index in [9.17, 15) is 14.7 Å². The Morgan fingerprint density at radius 3 is 2.50 bits per heavy atom. The third kappa shape index (κ3) is 2.15. The topological polar surface area (TPSA) is 82.0 Å². The van der Waals surface area contributed by atoms with E-state index in [1.807, 2.05) is 30.3 Å². The molecule has 0 fully saturated rings. The number of aryl methyl sites for hydroxylation is 1. The molecule has 114 valence electrons. The third-order valence-corrected chi connectivity index (χ3v) is 3.77. The lowest BCUT2D eigenvalue weighted by Gasteiger charge is -2.12. The van der Waals surface area contributed by atoms with E-state index in [1.165, 1.54) is 17.9 Å². The number of imidazole rings is 1. The minimum Gasteiger partial charge on any atom is -0.387 e. The fourth-order valence-corrected chi connectivity index (χ4v) is 2.50. The number of hydrogen-bond acceptors (Lipinski definition) is 4. The lowest BCUT2D eigenvalue weighted by molar-refractivity contribution is 0.158. The SMILES string of the molecule is Cn1c(=O)c2c(ncn2C[C@H](O)c2ccccc2)n(C)c1=O. The average Bonchev–Trinajstić information content (AvgIpc) is 2.95. The first-order chi connectivity index (χ1) is 10.5. The van der Waals surface area contributed by atoms with Crippen LogP contribution in [-0.4, -0.2) is 23.8 Å². The van der Waals surface area contributed by atoms with Crippen LogP contribution in [0.2, 0.25) is 0 Å². The van der Waals surface area contributed by atoms with Crippen LogP contribution in [0.15, 0.2) is 46.2 Å². The summed E-state index contributed by atoms with van der Waals surface area (Å²) in [4.78, 5) is 28.3. The van der Waals surface area contributed by atoms with Crippen LogP contribution in [0.3, 0.4) is 0 Å². The molecule has 0 bridgehead atoms. The highest BCUT2D eigenvalue weighted by Gasteiger charge is 2.16. The Labute approximate surface area is 125 Å². The quantitative estimate of drug-likeness (QED) is 0.747. The summed E-state index contributed by atoms with van der Waals surface area (Å²) in [5.41, 5.74) is 0.529. The molecule has 0 unspecified atom stereocenters. The summed E-state index contributed by atoms with van der Waals surface area (Å²) in [5, 5.41) is 10.3. The summed E-state index contributed by atoms with van der Waals surface area (Å²) in [6.07, 6.45) is 0.707.